The van der Waals surface area contributed by atoms with E-state index in [-0.39, 0.29) is 5.75 Å². The lowest BCUT2D eigenvalue weighted by Crippen LogP contribution is -2.17. The largest absolute Gasteiger partial charge is 0.573 e. The highest BCUT2D eigenvalue weighted by Crippen LogP contribution is 2.22. The predicted molar refractivity (Wildman–Crippen MR) is 58.3 cm³/mol. The summed E-state index contributed by atoms with van der Waals surface area (Å²) in [7, 11) is 0. The first-order valence-electron chi connectivity index (χ1n) is 5.06. The van der Waals surface area contributed by atoms with Gasteiger partial charge in [-0.05, 0) is 31.2 Å². The highest BCUT2D eigenvalue weighted by atomic mass is 19.4. The third kappa shape index (κ3) is 5.83. The fourth-order valence-corrected chi connectivity index (χ4v) is 1.13. The van der Waals surface area contributed by atoms with Gasteiger partial charge in [-0.25, -0.2) is 0 Å². The molecule has 92 valence electrons. The van der Waals surface area contributed by atoms with E-state index in [0.29, 0.717) is 18.5 Å². The number of alkyl halides is 3. The van der Waals surface area contributed by atoms with Crippen molar-refractivity contribution in [2.24, 2.45) is 5.73 Å². The molecule has 2 nitrogen and oxygen atoms in total. The van der Waals surface area contributed by atoms with Crippen LogP contribution in [0.5, 0.6) is 5.75 Å². The summed E-state index contributed by atoms with van der Waals surface area (Å²) in [6, 6.07) is 5.58. The lowest BCUT2D eigenvalue weighted by molar-refractivity contribution is -0.274. The van der Waals surface area contributed by atoms with Crippen LogP contribution >= 0.6 is 0 Å². The first kappa shape index (κ1) is 13.4. The number of rotatable bonds is 3. The van der Waals surface area contributed by atoms with Crippen LogP contribution < -0.4 is 10.5 Å². The Morgan fingerprint density at radius 3 is 2.71 bits per heavy atom. The van der Waals surface area contributed by atoms with Crippen molar-refractivity contribution in [2.75, 3.05) is 6.54 Å². The highest BCUT2D eigenvalue weighted by molar-refractivity contribution is 5.39. The smallest absolute Gasteiger partial charge is 0.406 e. The standard InChI is InChI=1S/C12H12F3NO/c13-12(14,15)17-11-7-4-6-10(9-11)5-2-1-3-8-16/h4,6-7,9H,1,3,8,16H2. The minimum absolute atomic E-state index is 0.261. The van der Waals surface area contributed by atoms with E-state index < -0.39 is 6.36 Å². The molecule has 0 heterocycles. The Kier molecular flexibility index (Phi) is 4.85. The molecule has 0 fully saturated rings. The van der Waals surface area contributed by atoms with E-state index in [9.17, 15) is 13.2 Å². The summed E-state index contributed by atoms with van der Waals surface area (Å²) in [4.78, 5) is 0. The van der Waals surface area contributed by atoms with E-state index in [1.807, 2.05) is 0 Å². The molecule has 0 unspecified atom stereocenters. The van der Waals surface area contributed by atoms with Crippen LogP contribution in [-0.2, 0) is 0 Å². The molecule has 1 aromatic rings. The number of halogens is 3. The van der Waals surface area contributed by atoms with E-state index in [0.717, 1.165) is 6.42 Å². The van der Waals surface area contributed by atoms with Crippen LogP contribution in [0.15, 0.2) is 24.3 Å². The van der Waals surface area contributed by atoms with Gasteiger partial charge in [0.15, 0.2) is 0 Å². The van der Waals surface area contributed by atoms with Gasteiger partial charge in [-0.2, -0.15) is 0 Å². The third-order valence-corrected chi connectivity index (χ3v) is 1.81. The monoisotopic (exact) mass is 243 g/mol. The van der Waals surface area contributed by atoms with Crippen LogP contribution in [0.3, 0.4) is 0 Å². The van der Waals surface area contributed by atoms with Crippen LogP contribution in [0.4, 0.5) is 13.2 Å². The molecule has 0 aliphatic rings. The minimum Gasteiger partial charge on any atom is -0.406 e. The molecule has 0 spiro atoms. The molecule has 1 aromatic carbocycles. The van der Waals surface area contributed by atoms with Crippen molar-refractivity contribution < 1.29 is 17.9 Å². The molecule has 0 aliphatic heterocycles. The zero-order chi connectivity index (χ0) is 12.7. The summed E-state index contributed by atoms with van der Waals surface area (Å²) in [5.74, 6) is 5.32. The van der Waals surface area contributed by atoms with Crippen LogP contribution in [0.2, 0.25) is 0 Å². The van der Waals surface area contributed by atoms with Crippen molar-refractivity contribution in [2.45, 2.75) is 19.2 Å². The fraction of sp³-hybridized carbons (Fsp3) is 0.333. The quantitative estimate of drug-likeness (QED) is 0.654. The molecular formula is C12H12F3NO. The number of nitrogens with two attached hydrogens (primary N) is 1. The van der Waals surface area contributed by atoms with Crippen LogP contribution in [0.1, 0.15) is 18.4 Å². The normalized spacial score (nSPS) is 10.6. The Morgan fingerprint density at radius 2 is 2.06 bits per heavy atom. The Hall–Kier alpha value is -1.67. The second-order valence-corrected chi connectivity index (χ2v) is 3.27. The number of hydrogen-bond acceptors (Lipinski definition) is 2. The first-order chi connectivity index (χ1) is 8.01. The number of unbranched alkanes of at least 4 members (excludes halogenated alkanes) is 1. The lowest BCUT2D eigenvalue weighted by Gasteiger charge is -2.08. The first-order valence-corrected chi connectivity index (χ1v) is 5.06. The maximum absolute atomic E-state index is 12.0. The van der Waals surface area contributed by atoms with Crippen molar-refractivity contribution in [1.29, 1.82) is 0 Å². The molecule has 2 N–H and O–H groups in total. The summed E-state index contributed by atoms with van der Waals surface area (Å²) in [6.07, 6.45) is -3.28. The Bertz CT molecular complexity index is 418. The maximum Gasteiger partial charge on any atom is 0.573 e. The Balaban J connectivity index is 2.68. The van der Waals surface area contributed by atoms with Crippen LogP contribution in [0.25, 0.3) is 0 Å². The van der Waals surface area contributed by atoms with Gasteiger partial charge in [0.2, 0.25) is 0 Å². The van der Waals surface area contributed by atoms with E-state index in [1.165, 1.54) is 18.2 Å². The summed E-state index contributed by atoms with van der Waals surface area (Å²) >= 11 is 0. The second-order valence-electron chi connectivity index (χ2n) is 3.27. The molecule has 0 atom stereocenters. The van der Waals surface area contributed by atoms with Gasteiger partial charge in [0.05, 0.1) is 0 Å². The number of benzene rings is 1. The molecule has 0 radical (unpaired) electrons. The summed E-state index contributed by atoms with van der Waals surface area (Å²) < 4.78 is 39.6. The van der Waals surface area contributed by atoms with E-state index >= 15 is 0 Å². The van der Waals surface area contributed by atoms with Crippen molar-refractivity contribution in [3.63, 3.8) is 0 Å². The second kappa shape index (κ2) is 6.16. The topological polar surface area (TPSA) is 35.2 Å². The number of hydrogen-bond donors (Lipinski definition) is 1. The van der Waals surface area contributed by atoms with Crippen molar-refractivity contribution >= 4 is 0 Å². The number of ether oxygens (including phenoxy) is 1. The van der Waals surface area contributed by atoms with Crippen LogP contribution in [0, 0.1) is 11.8 Å². The van der Waals surface area contributed by atoms with Gasteiger partial charge in [0.25, 0.3) is 0 Å². The average Bonchev–Trinajstić information content (AvgIpc) is 2.23. The van der Waals surface area contributed by atoms with Crippen molar-refractivity contribution in [3.8, 4) is 17.6 Å². The Labute approximate surface area is 97.6 Å². The molecule has 0 saturated heterocycles. The van der Waals surface area contributed by atoms with Gasteiger partial charge in [0.1, 0.15) is 5.75 Å². The SMILES string of the molecule is NCCCC#Cc1cccc(OC(F)(F)F)c1. The summed E-state index contributed by atoms with van der Waals surface area (Å²) in [5.41, 5.74) is 5.78. The molecule has 0 saturated carbocycles. The Morgan fingerprint density at radius 1 is 1.29 bits per heavy atom. The van der Waals surface area contributed by atoms with Gasteiger partial charge in [-0.15, -0.1) is 13.2 Å². The minimum atomic E-state index is -4.67. The summed E-state index contributed by atoms with van der Waals surface area (Å²) in [5, 5.41) is 0. The third-order valence-electron chi connectivity index (χ3n) is 1.81. The van der Waals surface area contributed by atoms with Gasteiger partial charge >= 0.3 is 6.36 Å². The van der Waals surface area contributed by atoms with Crippen LogP contribution in [-0.4, -0.2) is 12.9 Å². The van der Waals surface area contributed by atoms with Crippen molar-refractivity contribution in [1.82, 2.24) is 0 Å². The van der Waals surface area contributed by atoms with Crippen molar-refractivity contribution in [3.05, 3.63) is 29.8 Å². The van der Waals surface area contributed by atoms with E-state index in [4.69, 9.17) is 5.73 Å². The maximum atomic E-state index is 12.0. The zero-order valence-electron chi connectivity index (χ0n) is 9.05. The van der Waals surface area contributed by atoms with Gasteiger partial charge in [0, 0.05) is 12.0 Å². The van der Waals surface area contributed by atoms with E-state index in [2.05, 4.69) is 16.6 Å². The average molecular weight is 243 g/mol. The predicted octanol–water partition coefficient (Wildman–Crippen LogP) is 2.68. The molecule has 0 bridgehead atoms. The molecule has 0 aromatic heterocycles. The molecule has 5 heteroatoms. The van der Waals surface area contributed by atoms with Gasteiger partial charge in [-0.3, -0.25) is 0 Å². The van der Waals surface area contributed by atoms with Gasteiger partial charge in [-0.1, -0.05) is 17.9 Å². The zero-order valence-corrected chi connectivity index (χ0v) is 9.05. The summed E-state index contributed by atoms with van der Waals surface area (Å²) in [6.45, 7) is 0.548. The fourth-order valence-electron chi connectivity index (χ4n) is 1.13. The highest BCUT2D eigenvalue weighted by Gasteiger charge is 2.30. The molecular weight excluding hydrogens is 231 g/mol. The molecule has 1 rings (SSSR count). The molecule has 0 amide bonds. The van der Waals surface area contributed by atoms with E-state index in [1.54, 1.807) is 6.07 Å². The molecule has 17 heavy (non-hydrogen) atoms. The van der Waals surface area contributed by atoms with Gasteiger partial charge < -0.3 is 10.5 Å². The molecule has 0 aliphatic carbocycles. The lowest BCUT2D eigenvalue weighted by atomic mass is 10.2.